The summed E-state index contributed by atoms with van der Waals surface area (Å²) < 4.78 is 6.82. The molecule has 1 aliphatic rings. The van der Waals surface area contributed by atoms with Gasteiger partial charge in [0, 0.05) is 31.4 Å². The average Bonchev–Trinajstić information content (AvgIpc) is 3.44. The van der Waals surface area contributed by atoms with E-state index in [1.54, 1.807) is 23.1 Å². The Bertz CT molecular complexity index is 1510. The number of fused-ring (bicyclic) bond motifs is 1. The van der Waals surface area contributed by atoms with Crippen LogP contribution in [0.4, 0.5) is 10.9 Å². The summed E-state index contributed by atoms with van der Waals surface area (Å²) in [5.74, 6) is 2.57. The van der Waals surface area contributed by atoms with Crippen molar-refractivity contribution in [2.75, 3.05) is 36.9 Å². The van der Waals surface area contributed by atoms with Crippen molar-refractivity contribution >= 4 is 44.4 Å². The summed E-state index contributed by atoms with van der Waals surface area (Å²) in [6, 6.07) is 31.4. The number of nitrogens with one attached hydrogen (secondary N) is 2. The average molecular weight is 583 g/mol. The van der Waals surface area contributed by atoms with Crippen molar-refractivity contribution in [2.45, 2.75) is 36.3 Å². The first-order valence-corrected chi connectivity index (χ1v) is 15.9. The van der Waals surface area contributed by atoms with E-state index in [4.69, 9.17) is 19.7 Å². The quantitative estimate of drug-likeness (QED) is 0.0930. The van der Waals surface area contributed by atoms with Gasteiger partial charge < -0.3 is 15.4 Å². The molecule has 6 rings (SSSR count). The van der Waals surface area contributed by atoms with Gasteiger partial charge in [0.05, 0.1) is 6.54 Å². The number of nitrogens with zero attached hydrogens (tertiary/aromatic N) is 4. The second kappa shape index (κ2) is 13.8. The van der Waals surface area contributed by atoms with Crippen LogP contribution in [0, 0.1) is 0 Å². The van der Waals surface area contributed by atoms with Crippen LogP contribution in [0.1, 0.15) is 24.0 Å². The van der Waals surface area contributed by atoms with Crippen LogP contribution in [0.3, 0.4) is 0 Å². The van der Waals surface area contributed by atoms with E-state index in [1.165, 1.54) is 11.1 Å². The van der Waals surface area contributed by atoms with Gasteiger partial charge in [-0.1, -0.05) is 102 Å². The zero-order chi connectivity index (χ0) is 27.7. The predicted molar refractivity (Wildman–Crippen MR) is 170 cm³/mol. The first-order valence-electron chi connectivity index (χ1n) is 14.1. The zero-order valence-electron chi connectivity index (χ0n) is 22.9. The first-order chi connectivity index (χ1) is 20.3. The van der Waals surface area contributed by atoms with Crippen molar-refractivity contribution in [3.8, 4) is 5.75 Å². The number of thiazole rings is 1. The molecular formula is C32H34N6OS2. The maximum absolute atomic E-state index is 5.83. The van der Waals surface area contributed by atoms with E-state index in [2.05, 4.69) is 70.1 Å². The number of aromatic nitrogens is 3. The molecule has 1 aliphatic heterocycles. The fourth-order valence-corrected chi connectivity index (χ4v) is 6.56. The van der Waals surface area contributed by atoms with E-state index < -0.39 is 0 Å². The number of para-hydroxylation sites is 1. The van der Waals surface area contributed by atoms with Crippen molar-refractivity contribution in [1.82, 2.24) is 19.9 Å². The lowest BCUT2D eigenvalue weighted by Crippen LogP contribution is -2.38. The topological polar surface area (TPSA) is 75.2 Å². The molecule has 7 nitrogen and oxygen atoms in total. The summed E-state index contributed by atoms with van der Waals surface area (Å²) in [6.45, 7) is 4.33. The van der Waals surface area contributed by atoms with Crippen LogP contribution in [-0.4, -0.2) is 52.1 Å². The Labute approximate surface area is 249 Å². The number of anilines is 2. The highest BCUT2D eigenvalue weighted by Gasteiger charge is 2.22. The van der Waals surface area contributed by atoms with Gasteiger partial charge >= 0.3 is 0 Å². The van der Waals surface area contributed by atoms with Gasteiger partial charge in [0.2, 0.25) is 0 Å². The molecule has 0 saturated carbocycles. The first kappa shape index (κ1) is 27.5. The molecule has 2 aromatic heterocycles. The van der Waals surface area contributed by atoms with Gasteiger partial charge in [-0.3, -0.25) is 4.90 Å². The highest BCUT2D eigenvalue weighted by atomic mass is 32.2. The fraction of sp³-hybridized carbons (Fsp3) is 0.281. The van der Waals surface area contributed by atoms with E-state index in [0.29, 0.717) is 19.2 Å². The van der Waals surface area contributed by atoms with Gasteiger partial charge in [-0.05, 0) is 36.1 Å². The van der Waals surface area contributed by atoms with Gasteiger partial charge in [-0.15, -0.1) is 0 Å². The molecule has 3 heterocycles. The third-order valence-corrected chi connectivity index (χ3v) is 8.94. The van der Waals surface area contributed by atoms with Crippen LogP contribution < -0.4 is 15.4 Å². The highest BCUT2D eigenvalue weighted by molar-refractivity contribution is 7.98. The molecule has 0 spiro atoms. The lowest BCUT2D eigenvalue weighted by atomic mass is 10.0. The van der Waals surface area contributed by atoms with Crippen LogP contribution >= 0.6 is 23.1 Å². The Morgan fingerprint density at radius 3 is 2.24 bits per heavy atom. The summed E-state index contributed by atoms with van der Waals surface area (Å²) in [7, 11) is 0. The Morgan fingerprint density at radius 1 is 0.829 bits per heavy atom. The molecule has 0 unspecified atom stereocenters. The van der Waals surface area contributed by atoms with Crippen LogP contribution in [0.2, 0.25) is 0 Å². The van der Waals surface area contributed by atoms with E-state index in [-0.39, 0.29) is 0 Å². The monoisotopic (exact) mass is 582 g/mol. The molecule has 0 atom stereocenters. The van der Waals surface area contributed by atoms with Crippen LogP contribution in [0.5, 0.6) is 5.75 Å². The smallest absolute Gasteiger partial charge is 0.191 e. The molecule has 3 aromatic carbocycles. The van der Waals surface area contributed by atoms with Crippen molar-refractivity contribution in [3.63, 3.8) is 0 Å². The normalized spacial score (nSPS) is 14.2. The molecule has 210 valence electrons. The minimum atomic E-state index is 0.366. The van der Waals surface area contributed by atoms with Gasteiger partial charge in [0.25, 0.3) is 0 Å². The molecule has 0 amide bonds. The molecule has 0 radical (unpaired) electrons. The second-order valence-corrected chi connectivity index (χ2v) is 12.0. The zero-order valence-corrected chi connectivity index (χ0v) is 24.5. The van der Waals surface area contributed by atoms with Crippen LogP contribution in [0.15, 0.2) is 96.2 Å². The van der Waals surface area contributed by atoms with Gasteiger partial charge in [0.1, 0.15) is 17.1 Å². The van der Waals surface area contributed by atoms with Crippen molar-refractivity contribution in [2.24, 2.45) is 0 Å². The number of piperidine rings is 1. The highest BCUT2D eigenvalue weighted by Crippen LogP contribution is 2.34. The Hall–Kier alpha value is -3.66. The molecule has 9 heteroatoms. The number of likely N-dealkylation sites (tertiary alicyclic amines) is 1. The summed E-state index contributed by atoms with van der Waals surface area (Å²) in [5, 5.41) is 8.77. The molecule has 1 saturated heterocycles. The Morgan fingerprint density at radius 2 is 1.51 bits per heavy atom. The second-order valence-electron chi connectivity index (χ2n) is 10.1. The Balaban J connectivity index is 1.13. The molecule has 41 heavy (non-hydrogen) atoms. The minimum absolute atomic E-state index is 0.366. The van der Waals surface area contributed by atoms with Crippen molar-refractivity contribution in [3.05, 3.63) is 102 Å². The maximum Gasteiger partial charge on any atom is 0.191 e. The Kier molecular flexibility index (Phi) is 9.26. The van der Waals surface area contributed by atoms with Gasteiger partial charge in [0.15, 0.2) is 21.8 Å². The third-order valence-electron chi connectivity index (χ3n) is 7.01. The lowest BCUT2D eigenvalue weighted by molar-refractivity contribution is 0.211. The van der Waals surface area contributed by atoms with Crippen LogP contribution in [0.25, 0.3) is 10.3 Å². The summed E-state index contributed by atoms with van der Waals surface area (Å²) in [4.78, 5) is 17.2. The largest absolute Gasteiger partial charge is 0.492 e. The molecule has 1 fully saturated rings. The number of benzene rings is 3. The number of thioether (sulfide) groups is 1. The SMILES string of the molecule is c1ccc(CSc2nc(NC3CCN(Cc4ccccc4)CC3)c3sc(NCCOc4ccccc4)nc3n2)cc1. The molecule has 5 aromatic rings. The molecular weight excluding hydrogens is 549 g/mol. The van der Waals surface area contributed by atoms with E-state index >= 15 is 0 Å². The minimum Gasteiger partial charge on any atom is -0.492 e. The fourth-order valence-electron chi connectivity index (χ4n) is 4.88. The van der Waals surface area contributed by atoms with Crippen LogP contribution in [-0.2, 0) is 12.3 Å². The third kappa shape index (κ3) is 7.75. The number of rotatable bonds is 12. The van der Waals surface area contributed by atoms with E-state index in [1.807, 2.05) is 36.4 Å². The standard InChI is InChI=1S/C32H34N6OS2/c1-4-10-24(11-5-1)22-38-19-16-26(17-20-38)34-29-28-30(37-32(36-29)40-23-25-12-6-2-7-13-25)35-31(41-28)33-18-21-39-27-14-8-3-9-15-27/h1-15,26H,16-23H2,(H2,33,34,35,36,37). The van der Waals surface area contributed by atoms with Crippen molar-refractivity contribution in [1.29, 1.82) is 0 Å². The maximum atomic E-state index is 5.83. The summed E-state index contributed by atoms with van der Waals surface area (Å²) >= 11 is 3.25. The summed E-state index contributed by atoms with van der Waals surface area (Å²) in [6.07, 6.45) is 2.15. The molecule has 0 aliphatic carbocycles. The number of hydrogen-bond acceptors (Lipinski definition) is 9. The van der Waals surface area contributed by atoms with E-state index in [9.17, 15) is 0 Å². The number of hydrogen-bond donors (Lipinski definition) is 2. The van der Waals surface area contributed by atoms with Crippen molar-refractivity contribution < 1.29 is 4.74 Å². The van der Waals surface area contributed by atoms with E-state index in [0.717, 1.165) is 70.4 Å². The summed E-state index contributed by atoms with van der Waals surface area (Å²) in [5.41, 5.74) is 3.35. The lowest BCUT2D eigenvalue weighted by Gasteiger charge is -2.32. The predicted octanol–water partition coefficient (Wildman–Crippen LogP) is 6.95. The van der Waals surface area contributed by atoms with Gasteiger partial charge in [-0.2, -0.15) is 4.98 Å². The van der Waals surface area contributed by atoms with Gasteiger partial charge in [-0.25, -0.2) is 9.97 Å². The molecule has 0 bridgehead atoms. The molecule has 2 N–H and O–H groups in total. The number of ether oxygens (including phenoxy) is 1.